The Balaban J connectivity index is 2.25. The summed E-state index contributed by atoms with van der Waals surface area (Å²) in [7, 11) is 0. The van der Waals surface area contributed by atoms with E-state index in [2.05, 4.69) is 26.2 Å². The summed E-state index contributed by atoms with van der Waals surface area (Å²) in [6, 6.07) is 15.7. The molecule has 2 aromatic rings. The molecule has 0 heterocycles. The minimum Gasteiger partial charge on any atom is -0.151 e. The van der Waals surface area contributed by atoms with Crippen LogP contribution >= 0.6 is 15.9 Å². The van der Waals surface area contributed by atoms with Crippen molar-refractivity contribution in [3.05, 3.63) is 58.6 Å². The van der Waals surface area contributed by atoms with Gasteiger partial charge in [-0.15, -0.1) is 0 Å². The molecular weight excluding hydrogens is 264 g/mol. The highest BCUT2D eigenvalue weighted by Crippen LogP contribution is 2.23. The third-order valence-corrected chi connectivity index (χ3v) is 2.69. The first-order valence-corrected chi connectivity index (χ1v) is 5.78. The molecule has 0 saturated carbocycles. The topological polar surface area (TPSA) is 24.7 Å². The summed E-state index contributed by atoms with van der Waals surface area (Å²) in [6.07, 6.45) is 0. The van der Waals surface area contributed by atoms with E-state index in [0.29, 0.717) is 0 Å². The van der Waals surface area contributed by atoms with E-state index in [-0.39, 0.29) is 0 Å². The number of halogens is 1. The Kier molecular flexibility index (Phi) is 3.47. The first-order chi connectivity index (χ1) is 7.75. The molecule has 0 atom stereocenters. The normalized spacial score (nSPS) is 10.9. The molecule has 2 nitrogen and oxygen atoms in total. The van der Waals surface area contributed by atoms with Crippen molar-refractivity contribution in [3.8, 4) is 0 Å². The van der Waals surface area contributed by atoms with Crippen molar-refractivity contribution >= 4 is 27.3 Å². The molecule has 0 bridgehead atoms. The van der Waals surface area contributed by atoms with Gasteiger partial charge in [-0.1, -0.05) is 40.2 Å². The van der Waals surface area contributed by atoms with Crippen LogP contribution in [0.2, 0.25) is 0 Å². The highest BCUT2D eigenvalue weighted by molar-refractivity contribution is 9.10. The summed E-state index contributed by atoms with van der Waals surface area (Å²) in [6.45, 7) is 2.02. The fraction of sp³-hybridized carbons (Fsp3) is 0.0769. The lowest BCUT2D eigenvalue weighted by atomic mass is 10.2. The van der Waals surface area contributed by atoms with Crippen LogP contribution in [-0.2, 0) is 0 Å². The van der Waals surface area contributed by atoms with E-state index in [9.17, 15) is 0 Å². The van der Waals surface area contributed by atoms with Gasteiger partial charge < -0.3 is 0 Å². The summed E-state index contributed by atoms with van der Waals surface area (Å²) in [5.74, 6) is 0. The van der Waals surface area contributed by atoms with Gasteiger partial charge >= 0.3 is 0 Å². The van der Waals surface area contributed by atoms with Gasteiger partial charge in [-0.05, 0) is 36.8 Å². The molecule has 0 aliphatic heterocycles. The zero-order chi connectivity index (χ0) is 11.4. The van der Waals surface area contributed by atoms with Crippen LogP contribution in [-0.4, -0.2) is 0 Å². The predicted molar refractivity (Wildman–Crippen MR) is 69.5 cm³/mol. The maximum atomic E-state index is 4.22. The molecule has 0 aromatic heterocycles. The summed E-state index contributed by atoms with van der Waals surface area (Å²) < 4.78 is 1.01. The lowest BCUT2D eigenvalue weighted by Crippen LogP contribution is -1.71. The van der Waals surface area contributed by atoms with E-state index in [0.717, 1.165) is 21.4 Å². The molecular formula is C13H11BrN2. The Morgan fingerprint density at radius 2 is 1.75 bits per heavy atom. The number of azo groups is 1. The predicted octanol–water partition coefficient (Wildman–Crippen LogP) is 5.17. The number of rotatable bonds is 2. The van der Waals surface area contributed by atoms with Gasteiger partial charge in [-0.25, -0.2) is 0 Å². The average Bonchev–Trinajstić information content (AvgIpc) is 2.28. The summed E-state index contributed by atoms with van der Waals surface area (Å²) in [5, 5.41) is 8.41. The lowest BCUT2D eigenvalue weighted by molar-refractivity contribution is 1.21. The monoisotopic (exact) mass is 274 g/mol. The summed E-state index contributed by atoms with van der Waals surface area (Å²) in [5.41, 5.74) is 2.88. The van der Waals surface area contributed by atoms with Crippen LogP contribution in [0.3, 0.4) is 0 Å². The molecule has 80 valence electrons. The van der Waals surface area contributed by atoms with Crippen molar-refractivity contribution in [1.29, 1.82) is 0 Å². The number of nitrogens with zero attached hydrogens (tertiary/aromatic N) is 2. The second-order valence-corrected chi connectivity index (χ2v) is 4.38. The van der Waals surface area contributed by atoms with Gasteiger partial charge in [-0.2, -0.15) is 10.2 Å². The van der Waals surface area contributed by atoms with Crippen molar-refractivity contribution in [2.24, 2.45) is 10.2 Å². The van der Waals surface area contributed by atoms with Gasteiger partial charge in [0.1, 0.15) is 0 Å². The highest BCUT2D eigenvalue weighted by Gasteiger charge is 1.94. The van der Waals surface area contributed by atoms with Gasteiger partial charge in [0.15, 0.2) is 0 Å². The first kappa shape index (κ1) is 11.0. The Hall–Kier alpha value is -1.48. The van der Waals surface area contributed by atoms with E-state index < -0.39 is 0 Å². The van der Waals surface area contributed by atoms with Crippen LogP contribution < -0.4 is 0 Å². The average molecular weight is 275 g/mol. The Morgan fingerprint density at radius 3 is 2.50 bits per heavy atom. The van der Waals surface area contributed by atoms with Gasteiger partial charge in [0, 0.05) is 4.47 Å². The van der Waals surface area contributed by atoms with Gasteiger partial charge in [0.2, 0.25) is 0 Å². The number of hydrogen-bond acceptors (Lipinski definition) is 2. The van der Waals surface area contributed by atoms with Crippen LogP contribution in [0.15, 0.2) is 63.2 Å². The van der Waals surface area contributed by atoms with Crippen molar-refractivity contribution < 1.29 is 0 Å². The molecule has 3 heteroatoms. The summed E-state index contributed by atoms with van der Waals surface area (Å²) in [4.78, 5) is 0. The summed E-state index contributed by atoms with van der Waals surface area (Å²) >= 11 is 3.40. The van der Waals surface area contributed by atoms with E-state index in [1.807, 2.05) is 55.5 Å². The number of aryl methyl sites for hydroxylation is 1. The molecule has 0 radical (unpaired) electrons. The molecule has 0 amide bonds. The minimum atomic E-state index is 0.845. The fourth-order valence-electron chi connectivity index (χ4n) is 1.33. The molecule has 0 saturated heterocycles. The lowest BCUT2D eigenvalue weighted by Gasteiger charge is -1.97. The smallest absolute Gasteiger partial charge is 0.0886 e. The van der Waals surface area contributed by atoms with Crippen LogP contribution in [0.5, 0.6) is 0 Å². The number of benzene rings is 2. The van der Waals surface area contributed by atoms with Crippen LogP contribution in [0, 0.1) is 6.92 Å². The SMILES string of the molecule is Cc1ccccc1N=Nc1cccc(Br)c1. The number of hydrogen-bond donors (Lipinski definition) is 0. The van der Waals surface area contributed by atoms with E-state index in [1.54, 1.807) is 0 Å². The van der Waals surface area contributed by atoms with Gasteiger partial charge in [0.05, 0.1) is 11.4 Å². The Bertz CT molecular complexity index is 521. The van der Waals surface area contributed by atoms with E-state index in [4.69, 9.17) is 0 Å². The molecule has 0 spiro atoms. The Labute approximate surface area is 103 Å². The Morgan fingerprint density at radius 1 is 0.938 bits per heavy atom. The molecule has 16 heavy (non-hydrogen) atoms. The third-order valence-electron chi connectivity index (χ3n) is 2.20. The second kappa shape index (κ2) is 5.03. The zero-order valence-electron chi connectivity index (χ0n) is 8.89. The molecule has 0 unspecified atom stereocenters. The van der Waals surface area contributed by atoms with E-state index >= 15 is 0 Å². The largest absolute Gasteiger partial charge is 0.151 e. The maximum Gasteiger partial charge on any atom is 0.0886 e. The second-order valence-electron chi connectivity index (χ2n) is 3.47. The van der Waals surface area contributed by atoms with Crippen molar-refractivity contribution in [2.75, 3.05) is 0 Å². The maximum absolute atomic E-state index is 4.22. The molecule has 0 N–H and O–H groups in total. The van der Waals surface area contributed by atoms with Crippen LogP contribution in [0.25, 0.3) is 0 Å². The van der Waals surface area contributed by atoms with Gasteiger partial charge in [-0.3, -0.25) is 0 Å². The fourth-order valence-corrected chi connectivity index (χ4v) is 1.71. The van der Waals surface area contributed by atoms with Crippen molar-refractivity contribution in [2.45, 2.75) is 6.92 Å². The molecule has 0 aliphatic rings. The van der Waals surface area contributed by atoms with Gasteiger partial charge in [0.25, 0.3) is 0 Å². The van der Waals surface area contributed by atoms with Crippen LogP contribution in [0.1, 0.15) is 5.56 Å². The molecule has 2 aromatic carbocycles. The highest BCUT2D eigenvalue weighted by atomic mass is 79.9. The van der Waals surface area contributed by atoms with E-state index in [1.165, 1.54) is 0 Å². The van der Waals surface area contributed by atoms with Crippen molar-refractivity contribution in [3.63, 3.8) is 0 Å². The first-order valence-electron chi connectivity index (χ1n) is 4.98. The standard InChI is InChI=1S/C13H11BrN2/c1-10-5-2-3-8-13(10)16-15-12-7-4-6-11(14)9-12/h2-9H,1H3. The zero-order valence-corrected chi connectivity index (χ0v) is 10.5. The molecule has 2 rings (SSSR count). The molecule has 0 aliphatic carbocycles. The quantitative estimate of drug-likeness (QED) is 0.675. The van der Waals surface area contributed by atoms with Crippen molar-refractivity contribution in [1.82, 2.24) is 0 Å². The molecule has 0 fully saturated rings. The van der Waals surface area contributed by atoms with Crippen LogP contribution in [0.4, 0.5) is 11.4 Å². The minimum absolute atomic E-state index is 0.845. The third kappa shape index (κ3) is 2.76.